The molecule has 0 aliphatic heterocycles. The lowest BCUT2D eigenvalue weighted by Crippen LogP contribution is -2.10. The average Bonchev–Trinajstić information content (AvgIpc) is 2.50. The molecule has 0 saturated heterocycles. The summed E-state index contributed by atoms with van der Waals surface area (Å²) in [5.41, 5.74) is 9.58. The van der Waals surface area contributed by atoms with Crippen molar-refractivity contribution in [3.8, 4) is 0 Å². The maximum absolute atomic E-state index is 6.08. The normalized spacial score (nSPS) is 14.0. The zero-order chi connectivity index (χ0) is 14.8. The Kier molecular flexibility index (Phi) is 4.75. The molecule has 0 unspecified atom stereocenters. The predicted octanol–water partition coefficient (Wildman–Crippen LogP) is 4.88. The molecule has 0 spiro atoms. The molecule has 0 atom stereocenters. The minimum Gasteiger partial charge on any atom is -0.326 e. The lowest BCUT2D eigenvalue weighted by atomic mass is 9.95. The molecule has 1 heterocycles. The van der Waals surface area contributed by atoms with Crippen LogP contribution in [0.5, 0.6) is 0 Å². The Balaban J connectivity index is 1.95. The maximum Gasteiger partial charge on any atom is 0.106 e. The van der Waals surface area contributed by atoms with Crippen molar-refractivity contribution in [3.63, 3.8) is 0 Å². The van der Waals surface area contributed by atoms with Crippen LogP contribution in [-0.2, 0) is 19.4 Å². The van der Waals surface area contributed by atoms with Crippen LogP contribution >= 0.6 is 35.0 Å². The van der Waals surface area contributed by atoms with E-state index in [2.05, 4.69) is 6.07 Å². The largest absolute Gasteiger partial charge is 0.326 e. The Morgan fingerprint density at radius 2 is 1.90 bits per heavy atom. The summed E-state index contributed by atoms with van der Waals surface area (Å²) in [4.78, 5) is 5.87. The molecular formula is C16H16Cl2N2S. The van der Waals surface area contributed by atoms with Crippen molar-refractivity contribution >= 4 is 35.0 Å². The van der Waals surface area contributed by atoms with E-state index in [1.54, 1.807) is 11.8 Å². The first-order valence-electron chi connectivity index (χ1n) is 7.02. The topological polar surface area (TPSA) is 38.9 Å². The van der Waals surface area contributed by atoms with Crippen molar-refractivity contribution in [1.82, 2.24) is 4.98 Å². The Morgan fingerprint density at radius 3 is 2.67 bits per heavy atom. The van der Waals surface area contributed by atoms with Gasteiger partial charge in [0.1, 0.15) is 5.03 Å². The van der Waals surface area contributed by atoms with Gasteiger partial charge in [-0.2, -0.15) is 0 Å². The van der Waals surface area contributed by atoms with Gasteiger partial charge in [0.25, 0.3) is 0 Å². The Morgan fingerprint density at radius 1 is 1.10 bits per heavy atom. The lowest BCUT2D eigenvalue weighted by molar-refractivity contribution is 0.656. The molecule has 1 aliphatic rings. The quantitative estimate of drug-likeness (QED) is 0.866. The minimum absolute atomic E-state index is 0.504. The SMILES string of the molecule is NCc1cc2c(nc1Sc1ccc(Cl)c(Cl)c1)CCCC2. The van der Waals surface area contributed by atoms with E-state index in [0.717, 1.165) is 28.3 Å². The van der Waals surface area contributed by atoms with Gasteiger partial charge in [-0.15, -0.1) is 0 Å². The number of halogens is 2. The number of hydrogen-bond acceptors (Lipinski definition) is 3. The number of nitrogens with zero attached hydrogens (tertiary/aromatic N) is 1. The summed E-state index contributed by atoms with van der Waals surface area (Å²) in [5.74, 6) is 0. The van der Waals surface area contributed by atoms with Gasteiger partial charge in [0.2, 0.25) is 0 Å². The van der Waals surface area contributed by atoms with Crippen LogP contribution in [0.4, 0.5) is 0 Å². The van der Waals surface area contributed by atoms with Gasteiger partial charge >= 0.3 is 0 Å². The van der Waals surface area contributed by atoms with E-state index in [0.29, 0.717) is 16.6 Å². The Labute approximate surface area is 139 Å². The number of benzene rings is 1. The molecule has 2 aromatic rings. The molecule has 5 heteroatoms. The van der Waals surface area contributed by atoms with E-state index in [9.17, 15) is 0 Å². The third-order valence-electron chi connectivity index (χ3n) is 3.67. The summed E-state index contributed by atoms with van der Waals surface area (Å²) >= 11 is 13.6. The van der Waals surface area contributed by atoms with Crippen LogP contribution in [0.25, 0.3) is 0 Å². The zero-order valence-corrected chi connectivity index (χ0v) is 13.9. The summed E-state index contributed by atoms with van der Waals surface area (Å²) in [6, 6.07) is 7.87. The highest BCUT2D eigenvalue weighted by atomic mass is 35.5. The fraction of sp³-hybridized carbons (Fsp3) is 0.312. The fourth-order valence-electron chi connectivity index (χ4n) is 2.55. The summed E-state index contributed by atoms with van der Waals surface area (Å²) in [6.07, 6.45) is 4.65. The molecule has 110 valence electrons. The van der Waals surface area contributed by atoms with Crippen LogP contribution in [0, 0.1) is 0 Å². The monoisotopic (exact) mass is 338 g/mol. The molecule has 1 aromatic heterocycles. The summed E-state index contributed by atoms with van der Waals surface area (Å²) < 4.78 is 0. The van der Waals surface area contributed by atoms with E-state index in [-0.39, 0.29) is 0 Å². The van der Waals surface area contributed by atoms with Crippen LogP contribution in [0.1, 0.15) is 29.7 Å². The van der Waals surface area contributed by atoms with Gasteiger partial charge in [-0.1, -0.05) is 41.0 Å². The molecule has 3 rings (SSSR count). The van der Waals surface area contributed by atoms with E-state index >= 15 is 0 Å². The van der Waals surface area contributed by atoms with Crippen molar-refractivity contribution in [3.05, 3.63) is 51.1 Å². The van der Waals surface area contributed by atoms with Gasteiger partial charge < -0.3 is 5.73 Å². The molecule has 0 saturated carbocycles. The second-order valence-electron chi connectivity index (χ2n) is 5.15. The molecule has 0 fully saturated rings. The van der Waals surface area contributed by atoms with Gasteiger partial charge in [-0.3, -0.25) is 0 Å². The minimum atomic E-state index is 0.504. The molecule has 21 heavy (non-hydrogen) atoms. The van der Waals surface area contributed by atoms with Gasteiger partial charge in [-0.05, 0) is 55.0 Å². The van der Waals surface area contributed by atoms with Gasteiger partial charge in [0.15, 0.2) is 0 Å². The standard InChI is InChI=1S/C16H16Cl2N2S/c17-13-6-5-12(8-14(13)18)21-16-11(9-19)7-10-3-1-2-4-15(10)20-16/h5-8H,1-4,9,19H2. The zero-order valence-electron chi connectivity index (χ0n) is 11.5. The van der Waals surface area contributed by atoms with Gasteiger partial charge in [-0.25, -0.2) is 4.98 Å². The van der Waals surface area contributed by atoms with Crippen LogP contribution in [0.3, 0.4) is 0 Å². The van der Waals surface area contributed by atoms with Crippen molar-refractivity contribution in [1.29, 1.82) is 0 Å². The molecule has 0 bridgehead atoms. The van der Waals surface area contributed by atoms with Gasteiger partial charge in [0, 0.05) is 17.1 Å². The highest BCUT2D eigenvalue weighted by Gasteiger charge is 2.15. The molecule has 1 aromatic carbocycles. The number of rotatable bonds is 3. The molecule has 1 aliphatic carbocycles. The average molecular weight is 339 g/mol. The number of aryl methyl sites for hydroxylation is 2. The van der Waals surface area contributed by atoms with Crippen LogP contribution < -0.4 is 5.73 Å². The summed E-state index contributed by atoms with van der Waals surface area (Å²) in [6.45, 7) is 0.504. The Hall–Kier alpha value is -0.740. The second kappa shape index (κ2) is 6.57. The van der Waals surface area contributed by atoms with Crippen LogP contribution in [0.15, 0.2) is 34.2 Å². The van der Waals surface area contributed by atoms with E-state index in [4.69, 9.17) is 33.9 Å². The maximum atomic E-state index is 6.08. The van der Waals surface area contributed by atoms with Crippen LogP contribution in [-0.4, -0.2) is 4.98 Å². The first kappa shape index (κ1) is 15.2. The first-order valence-corrected chi connectivity index (χ1v) is 8.59. The van der Waals surface area contributed by atoms with Crippen molar-refractivity contribution in [2.45, 2.75) is 42.1 Å². The number of nitrogens with two attached hydrogens (primary N) is 1. The highest BCUT2D eigenvalue weighted by molar-refractivity contribution is 7.99. The molecule has 2 nitrogen and oxygen atoms in total. The van der Waals surface area contributed by atoms with Crippen molar-refractivity contribution < 1.29 is 0 Å². The molecular weight excluding hydrogens is 323 g/mol. The predicted molar refractivity (Wildman–Crippen MR) is 89.4 cm³/mol. The summed E-state index contributed by atoms with van der Waals surface area (Å²) in [5, 5.41) is 2.11. The number of aromatic nitrogens is 1. The molecule has 0 radical (unpaired) electrons. The molecule has 2 N–H and O–H groups in total. The third-order valence-corrected chi connectivity index (χ3v) is 5.44. The number of hydrogen-bond donors (Lipinski definition) is 1. The smallest absolute Gasteiger partial charge is 0.106 e. The van der Waals surface area contributed by atoms with E-state index in [1.807, 2.05) is 18.2 Å². The second-order valence-corrected chi connectivity index (χ2v) is 7.02. The van der Waals surface area contributed by atoms with Crippen molar-refractivity contribution in [2.24, 2.45) is 5.73 Å². The van der Waals surface area contributed by atoms with Crippen LogP contribution in [0.2, 0.25) is 10.0 Å². The molecule has 0 amide bonds. The Bertz CT molecular complexity index is 674. The first-order chi connectivity index (χ1) is 10.2. The highest BCUT2D eigenvalue weighted by Crippen LogP contribution is 2.35. The van der Waals surface area contributed by atoms with Gasteiger partial charge in [0.05, 0.1) is 10.0 Å². The third kappa shape index (κ3) is 3.37. The fourth-order valence-corrected chi connectivity index (χ4v) is 3.88. The lowest BCUT2D eigenvalue weighted by Gasteiger charge is -2.18. The van der Waals surface area contributed by atoms with Crippen molar-refractivity contribution in [2.75, 3.05) is 0 Å². The number of pyridine rings is 1. The van der Waals surface area contributed by atoms with E-state index in [1.165, 1.54) is 24.1 Å². The number of fused-ring (bicyclic) bond motifs is 1. The van der Waals surface area contributed by atoms with E-state index < -0.39 is 0 Å². The summed E-state index contributed by atoms with van der Waals surface area (Å²) in [7, 11) is 0.